The van der Waals surface area contributed by atoms with E-state index in [0.717, 1.165) is 5.69 Å². The molecule has 0 spiro atoms. The van der Waals surface area contributed by atoms with Gasteiger partial charge in [-0.25, -0.2) is 0 Å². The molecule has 0 bridgehead atoms. The van der Waals surface area contributed by atoms with Gasteiger partial charge in [-0.1, -0.05) is 146 Å². The Morgan fingerprint density at radius 2 is 0.882 bits per heavy atom. The average molecular weight is 667 g/mol. The van der Waals surface area contributed by atoms with Crippen molar-refractivity contribution < 1.29 is 0 Å². The van der Waals surface area contributed by atoms with Gasteiger partial charge in [-0.15, -0.1) is 11.3 Å². The van der Waals surface area contributed by atoms with E-state index < -0.39 is 0 Å². The molecule has 0 saturated heterocycles. The minimum absolute atomic E-state index is 1.15. The molecule has 0 aliphatic carbocycles. The number of fused-ring (bicyclic) bond motifs is 10. The maximum absolute atomic E-state index is 2.50. The molecule has 0 radical (unpaired) electrons. The molecule has 11 rings (SSSR count). The average Bonchev–Trinajstić information content (AvgIpc) is 3.86. The third-order valence-corrected chi connectivity index (χ3v) is 11.8. The molecule has 0 aliphatic rings. The lowest BCUT2D eigenvalue weighted by Crippen LogP contribution is -2.00. The number of benzene rings is 8. The summed E-state index contributed by atoms with van der Waals surface area (Å²) in [6.45, 7) is 0. The zero-order valence-electron chi connectivity index (χ0n) is 27.6. The Morgan fingerprint density at radius 1 is 0.333 bits per heavy atom. The van der Waals surface area contributed by atoms with E-state index >= 15 is 0 Å². The number of rotatable bonds is 4. The molecule has 238 valence electrons. The van der Waals surface area contributed by atoms with Crippen molar-refractivity contribution in [3.05, 3.63) is 182 Å². The van der Waals surface area contributed by atoms with Gasteiger partial charge in [-0.05, 0) is 53.1 Å². The molecule has 0 saturated carbocycles. The van der Waals surface area contributed by atoms with Crippen molar-refractivity contribution in [3.8, 4) is 33.6 Å². The van der Waals surface area contributed by atoms with Crippen molar-refractivity contribution in [2.24, 2.45) is 0 Å². The molecular formula is C48H30N2S. The Kier molecular flexibility index (Phi) is 6.16. The molecular weight excluding hydrogens is 637 g/mol. The predicted octanol–water partition coefficient (Wildman–Crippen LogP) is 13.6. The van der Waals surface area contributed by atoms with Gasteiger partial charge in [-0.3, -0.25) is 0 Å². The fourth-order valence-corrected chi connectivity index (χ4v) is 9.55. The van der Waals surface area contributed by atoms with E-state index in [2.05, 4.69) is 191 Å². The van der Waals surface area contributed by atoms with Crippen LogP contribution in [0.1, 0.15) is 0 Å². The van der Waals surface area contributed by atoms with Gasteiger partial charge < -0.3 is 9.13 Å². The first-order valence-corrected chi connectivity index (χ1v) is 18.3. The second-order valence-electron chi connectivity index (χ2n) is 13.3. The highest BCUT2D eigenvalue weighted by molar-refractivity contribution is 7.26. The van der Waals surface area contributed by atoms with Crippen LogP contribution in [0.25, 0.3) is 97.4 Å². The summed E-state index contributed by atoms with van der Waals surface area (Å²) in [5.74, 6) is 0. The van der Waals surface area contributed by atoms with Gasteiger partial charge in [0.25, 0.3) is 0 Å². The fraction of sp³-hybridized carbons (Fsp3) is 0. The summed E-state index contributed by atoms with van der Waals surface area (Å²) < 4.78 is 7.65. The largest absolute Gasteiger partial charge is 0.307 e. The lowest BCUT2D eigenvalue weighted by molar-refractivity contribution is 1.15. The van der Waals surface area contributed by atoms with Crippen LogP contribution in [0, 0.1) is 0 Å². The summed E-state index contributed by atoms with van der Waals surface area (Å²) in [6, 6.07) is 66.6. The minimum Gasteiger partial charge on any atom is -0.307 e. The molecule has 8 aromatic carbocycles. The number of aromatic nitrogens is 2. The van der Waals surface area contributed by atoms with Crippen molar-refractivity contribution in [2.75, 3.05) is 0 Å². The summed E-state index contributed by atoms with van der Waals surface area (Å²) in [5.41, 5.74) is 12.1. The minimum atomic E-state index is 1.15. The third kappa shape index (κ3) is 4.16. The topological polar surface area (TPSA) is 9.86 Å². The highest BCUT2D eigenvalue weighted by atomic mass is 32.1. The highest BCUT2D eigenvalue weighted by Crippen LogP contribution is 2.44. The van der Waals surface area contributed by atoms with Crippen molar-refractivity contribution in [2.45, 2.75) is 0 Å². The van der Waals surface area contributed by atoms with Crippen LogP contribution in [0.3, 0.4) is 0 Å². The van der Waals surface area contributed by atoms with Gasteiger partial charge in [0, 0.05) is 53.0 Å². The molecule has 51 heavy (non-hydrogen) atoms. The molecule has 0 N–H and O–H groups in total. The second kappa shape index (κ2) is 11.0. The molecule has 3 aromatic heterocycles. The molecule has 0 atom stereocenters. The predicted molar refractivity (Wildman–Crippen MR) is 219 cm³/mol. The molecule has 3 heterocycles. The first-order chi connectivity index (χ1) is 25.3. The molecule has 11 aromatic rings. The van der Waals surface area contributed by atoms with Gasteiger partial charge >= 0.3 is 0 Å². The van der Waals surface area contributed by atoms with Crippen molar-refractivity contribution in [3.63, 3.8) is 0 Å². The lowest BCUT2D eigenvalue weighted by Gasteiger charge is -2.16. The molecule has 2 nitrogen and oxygen atoms in total. The quantitative estimate of drug-likeness (QED) is 0.177. The van der Waals surface area contributed by atoms with Crippen molar-refractivity contribution >= 4 is 75.1 Å². The third-order valence-electron chi connectivity index (χ3n) is 10.5. The van der Waals surface area contributed by atoms with Gasteiger partial charge in [0.1, 0.15) is 0 Å². The smallest absolute Gasteiger partial charge is 0.0789 e. The Hall–Kier alpha value is -6.42. The first-order valence-electron chi connectivity index (χ1n) is 17.4. The van der Waals surface area contributed by atoms with Crippen LogP contribution >= 0.6 is 11.3 Å². The SMILES string of the molecule is c1ccc(-c2ccccc2-n2c3ccccc3c3ccc4c5ccccc5n(-c5ccc(-c6cccc7c6sc6ccccc67)cc5)c4c32)cc1. The number of para-hydroxylation sites is 3. The first kappa shape index (κ1) is 28.4. The van der Waals surface area contributed by atoms with Crippen LogP contribution in [0.2, 0.25) is 0 Å². The van der Waals surface area contributed by atoms with Crippen LogP contribution in [0.5, 0.6) is 0 Å². The monoisotopic (exact) mass is 666 g/mol. The number of thiophene rings is 1. The molecule has 0 amide bonds. The van der Waals surface area contributed by atoms with Crippen LogP contribution in [0.15, 0.2) is 182 Å². The highest BCUT2D eigenvalue weighted by Gasteiger charge is 2.22. The second-order valence-corrected chi connectivity index (χ2v) is 14.3. The summed E-state index contributed by atoms with van der Waals surface area (Å²) in [4.78, 5) is 0. The van der Waals surface area contributed by atoms with Crippen LogP contribution in [-0.2, 0) is 0 Å². The van der Waals surface area contributed by atoms with E-state index in [1.54, 1.807) is 0 Å². The maximum Gasteiger partial charge on any atom is 0.0789 e. The van der Waals surface area contributed by atoms with Crippen molar-refractivity contribution in [1.82, 2.24) is 9.13 Å². The molecule has 0 aliphatic heterocycles. The molecule has 3 heteroatoms. The molecule has 0 fully saturated rings. The zero-order chi connectivity index (χ0) is 33.5. The normalized spacial score (nSPS) is 11.9. The number of hydrogen-bond acceptors (Lipinski definition) is 1. The Morgan fingerprint density at radius 3 is 1.65 bits per heavy atom. The lowest BCUT2D eigenvalue weighted by atomic mass is 10.0. The Bertz CT molecular complexity index is 3120. The summed E-state index contributed by atoms with van der Waals surface area (Å²) in [5, 5.41) is 7.65. The van der Waals surface area contributed by atoms with E-state index in [4.69, 9.17) is 0 Å². The Balaban J connectivity index is 1.21. The molecule has 0 unspecified atom stereocenters. The summed E-state index contributed by atoms with van der Waals surface area (Å²) in [6.07, 6.45) is 0. The summed E-state index contributed by atoms with van der Waals surface area (Å²) in [7, 11) is 0. The zero-order valence-corrected chi connectivity index (χ0v) is 28.4. The maximum atomic E-state index is 2.50. The van der Waals surface area contributed by atoms with E-state index in [1.165, 1.54) is 91.7 Å². The van der Waals surface area contributed by atoms with E-state index in [1.807, 2.05) is 11.3 Å². The number of nitrogens with zero attached hydrogens (tertiary/aromatic N) is 2. The van der Waals surface area contributed by atoms with Crippen LogP contribution < -0.4 is 0 Å². The van der Waals surface area contributed by atoms with Gasteiger partial charge in [-0.2, -0.15) is 0 Å². The van der Waals surface area contributed by atoms with Gasteiger partial charge in [0.2, 0.25) is 0 Å². The Labute approximate surface area is 298 Å². The van der Waals surface area contributed by atoms with E-state index in [0.29, 0.717) is 0 Å². The van der Waals surface area contributed by atoms with Crippen LogP contribution in [0.4, 0.5) is 0 Å². The van der Waals surface area contributed by atoms with E-state index in [-0.39, 0.29) is 0 Å². The standard InChI is InChI=1S/C48H30N2S/c1-2-13-31(14-3-1)34-15-4-8-21-42(34)50-44-23-10-6-17-37(44)40-30-29-39-36-16-5-9-22-43(36)49(46(39)47(40)50)33-27-25-32(26-28-33)35-19-12-20-41-38-18-7-11-24-45(38)51-48(35)41/h1-30H. The van der Waals surface area contributed by atoms with Crippen molar-refractivity contribution in [1.29, 1.82) is 0 Å². The summed E-state index contributed by atoms with van der Waals surface area (Å²) >= 11 is 1.88. The number of hydrogen-bond donors (Lipinski definition) is 0. The van der Waals surface area contributed by atoms with E-state index in [9.17, 15) is 0 Å². The fourth-order valence-electron chi connectivity index (χ4n) is 8.31. The van der Waals surface area contributed by atoms with Gasteiger partial charge in [0.05, 0.1) is 27.8 Å². The van der Waals surface area contributed by atoms with Gasteiger partial charge in [0.15, 0.2) is 0 Å². The van der Waals surface area contributed by atoms with Crippen LogP contribution in [-0.4, -0.2) is 9.13 Å².